The summed E-state index contributed by atoms with van der Waals surface area (Å²) in [4.78, 5) is 29.0. The number of oxazole rings is 1. The Bertz CT molecular complexity index is 539. The van der Waals surface area contributed by atoms with E-state index in [0.29, 0.717) is 19.5 Å². The molecule has 1 aliphatic rings. The third-order valence-corrected chi connectivity index (χ3v) is 4.08. The van der Waals surface area contributed by atoms with Crippen LogP contribution in [0.2, 0.25) is 0 Å². The maximum absolute atomic E-state index is 11.6. The lowest BCUT2D eigenvalue weighted by atomic mass is 9.76. The Morgan fingerprint density at radius 1 is 1.57 bits per heavy atom. The Kier molecular flexibility index (Phi) is 4.20. The van der Waals surface area contributed by atoms with Crippen LogP contribution in [-0.4, -0.2) is 41.7 Å². The molecule has 116 valence electrons. The monoisotopic (exact) mass is 296 g/mol. The normalized spacial score (nSPS) is 21.8. The number of esters is 1. The van der Waals surface area contributed by atoms with E-state index in [-0.39, 0.29) is 24.2 Å². The Morgan fingerprint density at radius 3 is 2.81 bits per heavy atom. The lowest BCUT2D eigenvalue weighted by Crippen LogP contribution is -2.39. The fourth-order valence-electron chi connectivity index (χ4n) is 2.60. The first kappa shape index (κ1) is 15.3. The van der Waals surface area contributed by atoms with E-state index in [9.17, 15) is 14.7 Å². The molecule has 0 amide bonds. The lowest BCUT2D eigenvalue weighted by molar-refractivity contribution is -0.150. The van der Waals surface area contributed by atoms with Crippen LogP contribution in [0.4, 0.5) is 6.01 Å². The van der Waals surface area contributed by atoms with Crippen LogP contribution in [0.25, 0.3) is 0 Å². The number of aromatic nitrogens is 1. The Balaban J connectivity index is 2.15. The van der Waals surface area contributed by atoms with Crippen LogP contribution in [-0.2, 0) is 9.53 Å². The molecule has 0 bridgehead atoms. The zero-order valence-electron chi connectivity index (χ0n) is 12.5. The van der Waals surface area contributed by atoms with Gasteiger partial charge in [0.2, 0.25) is 0 Å². The molecule has 1 aliphatic heterocycles. The second-order valence-electron chi connectivity index (χ2n) is 5.52. The molecule has 0 aliphatic carbocycles. The lowest BCUT2D eigenvalue weighted by Gasteiger charge is -2.28. The zero-order valence-corrected chi connectivity index (χ0v) is 12.5. The van der Waals surface area contributed by atoms with Crippen LogP contribution in [0, 0.1) is 11.3 Å². The molecule has 21 heavy (non-hydrogen) atoms. The summed E-state index contributed by atoms with van der Waals surface area (Å²) in [6, 6.07) is 0.266. The molecule has 2 heterocycles. The summed E-state index contributed by atoms with van der Waals surface area (Å²) in [5, 5.41) is 9.51. The molecule has 7 heteroatoms. The number of nitrogens with zero attached hydrogens (tertiary/aromatic N) is 2. The largest absolute Gasteiger partial charge is 0.481 e. The van der Waals surface area contributed by atoms with Gasteiger partial charge in [-0.15, -0.1) is 0 Å². The molecule has 0 radical (unpaired) electrons. The van der Waals surface area contributed by atoms with Gasteiger partial charge in [0.25, 0.3) is 6.01 Å². The van der Waals surface area contributed by atoms with Crippen molar-refractivity contribution in [2.45, 2.75) is 27.2 Å². The first-order valence-corrected chi connectivity index (χ1v) is 7.01. The molecule has 1 N–H and O–H groups in total. The summed E-state index contributed by atoms with van der Waals surface area (Å²) in [6.45, 7) is 6.63. The number of hydrogen-bond acceptors (Lipinski definition) is 6. The molecule has 2 rings (SSSR count). The fourth-order valence-corrected chi connectivity index (χ4v) is 2.60. The van der Waals surface area contributed by atoms with Crippen molar-refractivity contribution in [3.63, 3.8) is 0 Å². The SMILES string of the molecule is CCOC(=O)c1coc(N2CCC(C(=O)O)(C(C)C)C2)n1. The van der Waals surface area contributed by atoms with Crippen molar-refractivity contribution in [3.05, 3.63) is 12.0 Å². The van der Waals surface area contributed by atoms with Gasteiger partial charge in [0, 0.05) is 13.1 Å². The third-order valence-electron chi connectivity index (χ3n) is 4.08. The second kappa shape index (κ2) is 5.75. The molecule has 1 saturated heterocycles. The maximum Gasteiger partial charge on any atom is 0.360 e. The topological polar surface area (TPSA) is 92.9 Å². The maximum atomic E-state index is 11.6. The minimum atomic E-state index is -0.808. The molecule has 7 nitrogen and oxygen atoms in total. The highest BCUT2D eigenvalue weighted by atomic mass is 16.5. The number of carboxylic acids is 1. The standard InChI is InChI=1S/C14H20N2O5/c1-4-20-11(17)10-7-21-13(15-10)16-6-5-14(8-16,9(2)3)12(18)19/h7,9H,4-6,8H2,1-3H3,(H,18,19). The average molecular weight is 296 g/mol. The highest BCUT2D eigenvalue weighted by Crippen LogP contribution is 2.39. The minimum absolute atomic E-state index is 0.000473. The summed E-state index contributed by atoms with van der Waals surface area (Å²) in [5.41, 5.74) is -0.706. The van der Waals surface area contributed by atoms with Gasteiger partial charge in [-0.2, -0.15) is 4.98 Å². The molecule has 1 unspecified atom stereocenters. The molecule has 0 aromatic carbocycles. The van der Waals surface area contributed by atoms with Crippen molar-refractivity contribution < 1.29 is 23.8 Å². The number of carbonyl (C=O) groups excluding carboxylic acids is 1. The van der Waals surface area contributed by atoms with E-state index in [2.05, 4.69) is 4.98 Å². The van der Waals surface area contributed by atoms with Crippen LogP contribution in [0.1, 0.15) is 37.7 Å². The zero-order chi connectivity index (χ0) is 15.6. The Hall–Kier alpha value is -2.05. The highest BCUT2D eigenvalue weighted by molar-refractivity contribution is 5.87. The van der Waals surface area contributed by atoms with Gasteiger partial charge < -0.3 is 19.2 Å². The number of anilines is 1. The third kappa shape index (κ3) is 2.72. The van der Waals surface area contributed by atoms with Crippen molar-refractivity contribution in [2.75, 3.05) is 24.6 Å². The van der Waals surface area contributed by atoms with Crippen molar-refractivity contribution in [1.82, 2.24) is 4.98 Å². The fraction of sp³-hybridized carbons (Fsp3) is 0.643. The van der Waals surface area contributed by atoms with Crippen LogP contribution in [0.3, 0.4) is 0 Å². The predicted octanol–water partition coefficient (Wildman–Crippen LogP) is 1.79. The molecule has 0 spiro atoms. The first-order chi connectivity index (χ1) is 9.90. The highest BCUT2D eigenvalue weighted by Gasteiger charge is 2.48. The van der Waals surface area contributed by atoms with Gasteiger partial charge >= 0.3 is 11.9 Å². The molecule has 1 aromatic rings. The smallest absolute Gasteiger partial charge is 0.360 e. The number of ether oxygens (including phenoxy) is 1. The molecule has 1 fully saturated rings. The number of aliphatic carboxylic acids is 1. The van der Waals surface area contributed by atoms with E-state index in [4.69, 9.17) is 9.15 Å². The van der Waals surface area contributed by atoms with Crippen LogP contribution in [0.5, 0.6) is 0 Å². The van der Waals surface area contributed by atoms with E-state index in [1.165, 1.54) is 6.26 Å². The molecule has 0 saturated carbocycles. The summed E-state index contributed by atoms with van der Waals surface area (Å²) in [5.74, 6) is -1.35. The van der Waals surface area contributed by atoms with Crippen LogP contribution < -0.4 is 4.90 Å². The second-order valence-corrected chi connectivity index (χ2v) is 5.52. The van der Waals surface area contributed by atoms with Crippen molar-refractivity contribution in [2.24, 2.45) is 11.3 Å². The summed E-state index contributed by atoms with van der Waals surface area (Å²) < 4.78 is 10.1. The predicted molar refractivity (Wildman–Crippen MR) is 74.2 cm³/mol. The summed E-state index contributed by atoms with van der Waals surface area (Å²) in [7, 11) is 0. The van der Waals surface area contributed by atoms with Gasteiger partial charge in [-0.3, -0.25) is 4.79 Å². The average Bonchev–Trinajstić information content (AvgIpc) is 3.06. The van der Waals surface area contributed by atoms with Crippen LogP contribution in [0.15, 0.2) is 10.7 Å². The quantitative estimate of drug-likeness (QED) is 0.828. The molecule has 1 aromatic heterocycles. The van der Waals surface area contributed by atoms with Gasteiger partial charge in [-0.1, -0.05) is 13.8 Å². The summed E-state index contributed by atoms with van der Waals surface area (Å²) in [6.07, 6.45) is 1.76. The van der Waals surface area contributed by atoms with Crippen molar-refractivity contribution >= 4 is 18.0 Å². The van der Waals surface area contributed by atoms with E-state index < -0.39 is 17.4 Å². The molecule has 1 atom stereocenters. The van der Waals surface area contributed by atoms with Crippen molar-refractivity contribution in [3.8, 4) is 0 Å². The van der Waals surface area contributed by atoms with E-state index >= 15 is 0 Å². The van der Waals surface area contributed by atoms with Crippen molar-refractivity contribution in [1.29, 1.82) is 0 Å². The molecular formula is C14H20N2O5. The number of hydrogen-bond donors (Lipinski definition) is 1. The van der Waals surface area contributed by atoms with E-state index in [0.717, 1.165) is 0 Å². The Morgan fingerprint density at radius 2 is 2.29 bits per heavy atom. The van der Waals surface area contributed by atoms with Crippen LogP contribution >= 0.6 is 0 Å². The van der Waals surface area contributed by atoms with E-state index in [1.54, 1.807) is 11.8 Å². The van der Waals surface area contributed by atoms with Gasteiger partial charge in [0.05, 0.1) is 12.0 Å². The van der Waals surface area contributed by atoms with Gasteiger partial charge in [0.1, 0.15) is 6.26 Å². The number of rotatable bonds is 5. The minimum Gasteiger partial charge on any atom is -0.481 e. The van der Waals surface area contributed by atoms with E-state index in [1.807, 2.05) is 13.8 Å². The van der Waals surface area contributed by atoms with Gasteiger partial charge in [-0.05, 0) is 19.3 Å². The van der Waals surface area contributed by atoms with Gasteiger partial charge in [0.15, 0.2) is 5.69 Å². The molecular weight excluding hydrogens is 276 g/mol. The Labute approximate surface area is 122 Å². The number of carboxylic acid groups (broad SMARTS) is 1. The van der Waals surface area contributed by atoms with Gasteiger partial charge in [-0.25, -0.2) is 4.79 Å². The summed E-state index contributed by atoms with van der Waals surface area (Å²) >= 11 is 0. The number of carbonyl (C=O) groups is 2. The first-order valence-electron chi connectivity index (χ1n) is 7.01.